The fourth-order valence-electron chi connectivity index (χ4n) is 0.888. The molecular formula is C8H10ClN3O3. The van der Waals surface area contributed by atoms with Gasteiger partial charge in [-0.15, -0.1) is 0 Å². The van der Waals surface area contributed by atoms with Gasteiger partial charge in [-0.2, -0.15) is 5.10 Å². The highest BCUT2D eigenvalue weighted by Gasteiger charge is 2.17. The lowest BCUT2D eigenvalue weighted by Gasteiger charge is -2.06. The molecule has 15 heavy (non-hydrogen) atoms. The maximum absolute atomic E-state index is 11.4. The largest absolute Gasteiger partial charge is 0.480 e. The molecule has 82 valence electrons. The average Bonchev–Trinajstić information content (AvgIpc) is 2.46. The summed E-state index contributed by atoms with van der Waals surface area (Å²) in [5.74, 6) is -1.67. The Morgan fingerprint density at radius 1 is 1.67 bits per heavy atom. The first-order valence-corrected chi connectivity index (χ1v) is 4.53. The van der Waals surface area contributed by atoms with Gasteiger partial charge >= 0.3 is 5.97 Å². The minimum atomic E-state index is -1.11. The molecule has 7 heteroatoms. The van der Waals surface area contributed by atoms with E-state index in [4.69, 9.17) is 16.7 Å². The number of carbonyl (C=O) groups excluding carboxylic acids is 1. The number of carboxylic acid groups (broad SMARTS) is 1. The molecule has 0 aliphatic rings. The van der Waals surface area contributed by atoms with Crippen molar-refractivity contribution in [3.8, 4) is 0 Å². The number of hydrogen-bond donors (Lipinski definition) is 2. The first-order valence-electron chi connectivity index (χ1n) is 4.15. The van der Waals surface area contributed by atoms with E-state index in [1.54, 1.807) is 7.05 Å². The molecule has 1 rings (SSSR count). The molecule has 0 saturated heterocycles. The van der Waals surface area contributed by atoms with Crippen molar-refractivity contribution in [1.29, 1.82) is 0 Å². The number of aryl methyl sites for hydroxylation is 1. The number of halogens is 1. The van der Waals surface area contributed by atoms with Crippen LogP contribution in [0.1, 0.15) is 17.4 Å². The van der Waals surface area contributed by atoms with Crippen LogP contribution in [0.3, 0.4) is 0 Å². The van der Waals surface area contributed by atoms with Gasteiger partial charge in [-0.05, 0) is 6.92 Å². The van der Waals surface area contributed by atoms with Crippen LogP contribution < -0.4 is 5.32 Å². The van der Waals surface area contributed by atoms with Gasteiger partial charge in [0.15, 0.2) is 5.69 Å². The van der Waals surface area contributed by atoms with Gasteiger partial charge in [0, 0.05) is 13.1 Å². The Kier molecular flexibility index (Phi) is 3.31. The number of nitrogens with one attached hydrogen (secondary N) is 1. The van der Waals surface area contributed by atoms with Gasteiger partial charge in [0.1, 0.15) is 11.2 Å². The topological polar surface area (TPSA) is 84.2 Å². The highest BCUT2D eigenvalue weighted by atomic mass is 35.5. The Hall–Kier alpha value is -1.56. The number of aliphatic carboxylic acids is 1. The molecular weight excluding hydrogens is 222 g/mol. The Bertz CT molecular complexity index is 382. The van der Waals surface area contributed by atoms with Crippen LogP contribution in [-0.2, 0) is 11.8 Å². The summed E-state index contributed by atoms with van der Waals surface area (Å²) >= 11 is 5.68. The van der Waals surface area contributed by atoms with E-state index in [-0.39, 0.29) is 5.69 Å². The predicted octanol–water partition coefficient (Wildman–Crippen LogP) is 0.276. The van der Waals surface area contributed by atoms with Crippen molar-refractivity contribution in [2.45, 2.75) is 13.0 Å². The second kappa shape index (κ2) is 4.31. The van der Waals surface area contributed by atoms with Crippen LogP contribution in [0.2, 0.25) is 5.15 Å². The predicted molar refractivity (Wildman–Crippen MR) is 52.8 cm³/mol. The van der Waals surface area contributed by atoms with Crippen molar-refractivity contribution < 1.29 is 14.7 Å². The lowest BCUT2D eigenvalue weighted by atomic mass is 10.3. The zero-order chi connectivity index (χ0) is 11.6. The molecule has 1 unspecified atom stereocenters. The van der Waals surface area contributed by atoms with Crippen molar-refractivity contribution in [2.24, 2.45) is 7.05 Å². The van der Waals surface area contributed by atoms with E-state index < -0.39 is 17.9 Å². The summed E-state index contributed by atoms with van der Waals surface area (Å²) in [5, 5.41) is 14.9. The second-order valence-corrected chi connectivity index (χ2v) is 3.40. The summed E-state index contributed by atoms with van der Waals surface area (Å²) in [7, 11) is 1.58. The van der Waals surface area contributed by atoms with Gasteiger partial charge in [0.05, 0.1) is 0 Å². The molecule has 6 nitrogen and oxygen atoms in total. The van der Waals surface area contributed by atoms with E-state index in [1.165, 1.54) is 17.7 Å². The maximum atomic E-state index is 11.4. The number of carboxylic acids is 1. The molecule has 2 N–H and O–H groups in total. The number of hydrogen-bond acceptors (Lipinski definition) is 3. The number of aromatic nitrogens is 2. The van der Waals surface area contributed by atoms with E-state index >= 15 is 0 Å². The Balaban J connectivity index is 2.73. The van der Waals surface area contributed by atoms with Crippen molar-refractivity contribution >= 4 is 23.5 Å². The fraction of sp³-hybridized carbons (Fsp3) is 0.375. The molecule has 0 bridgehead atoms. The third-order valence-corrected chi connectivity index (χ3v) is 2.13. The molecule has 1 atom stereocenters. The first-order chi connectivity index (χ1) is 6.91. The zero-order valence-electron chi connectivity index (χ0n) is 8.19. The van der Waals surface area contributed by atoms with Crippen LogP contribution in [0.25, 0.3) is 0 Å². The SMILES string of the molecule is CC(NC(=O)c1cc(Cl)n(C)n1)C(=O)O. The first kappa shape index (κ1) is 11.5. The summed E-state index contributed by atoms with van der Waals surface area (Å²) in [4.78, 5) is 21.9. The summed E-state index contributed by atoms with van der Waals surface area (Å²) in [6.07, 6.45) is 0. The molecule has 0 aromatic carbocycles. The minimum absolute atomic E-state index is 0.0931. The number of rotatable bonds is 3. The van der Waals surface area contributed by atoms with E-state index in [9.17, 15) is 9.59 Å². The Morgan fingerprint density at radius 3 is 2.67 bits per heavy atom. The molecule has 0 spiro atoms. The summed E-state index contributed by atoms with van der Waals surface area (Å²) in [5.41, 5.74) is 0.0931. The third-order valence-electron chi connectivity index (χ3n) is 1.77. The lowest BCUT2D eigenvalue weighted by Crippen LogP contribution is -2.38. The molecule has 1 aromatic heterocycles. The van der Waals surface area contributed by atoms with Crippen molar-refractivity contribution in [1.82, 2.24) is 15.1 Å². The van der Waals surface area contributed by atoms with Gasteiger partial charge in [0.25, 0.3) is 5.91 Å². The van der Waals surface area contributed by atoms with E-state index in [1.807, 2.05) is 0 Å². The molecule has 0 saturated carbocycles. The summed E-state index contributed by atoms with van der Waals surface area (Å²) in [6.45, 7) is 1.37. The zero-order valence-corrected chi connectivity index (χ0v) is 8.95. The van der Waals surface area contributed by atoms with Gasteiger partial charge in [0.2, 0.25) is 0 Å². The highest BCUT2D eigenvalue weighted by molar-refractivity contribution is 6.30. The molecule has 0 fully saturated rings. The molecule has 0 radical (unpaired) electrons. The van der Waals surface area contributed by atoms with Gasteiger partial charge in [-0.1, -0.05) is 11.6 Å². The maximum Gasteiger partial charge on any atom is 0.325 e. The summed E-state index contributed by atoms with van der Waals surface area (Å²) in [6, 6.07) is 0.407. The number of nitrogens with zero attached hydrogens (tertiary/aromatic N) is 2. The molecule has 0 aliphatic heterocycles. The number of amides is 1. The Labute approximate surface area is 90.8 Å². The lowest BCUT2D eigenvalue weighted by molar-refractivity contribution is -0.138. The fourth-order valence-corrected chi connectivity index (χ4v) is 1.03. The third kappa shape index (κ3) is 2.69. The monoisotopic (exact) mass is 231 g/mol. The minimum Gasteiger partial charge on any atom is -0.480 e. The van der Waals surface area contributed by atoms with Crippen molar-refractivity contribution in [3.05, 3.63) is 16.9 Å². The standard InChI is InChI=1S/C8H10ClN3O3/c1-4(8(14)15)10-7(13)5-3-6(9)12(2)11-5/h3-4H,1-2H3,(H,10,13)(H,14,15). The van der Waals surface area contributed by atoms with Crippen LogP contribution in [0.15, 0.2) is 6.07 Å². The molecule has 0 aliphatic carbocycles. The van der Waals surface area contributed by atoms with Crippen molar-refractivity contribution in [3.63, 3.8) is 0 Å². The van der Waals surface area contributed by atoms with Crippen LogP contribution in [0.4, 0.5) is 0 Å². The molecule has 1 aromatic rings. The normalized spacial score (nSPS) is 12.2. The van der Waals surface area contributed by atoms with Crippen LogP contribution in [-0.4, -0.2) is 32.8 Å². The quantitative estimate of drug-likeness (QED) is 0.783. The Morgan fingerprint density at radius 2 is 2.27 bits per heavy atom. The molecule has 1 heterocycles. The van der Waals surface area contributed by atoms with E-state index in [2.05, 4.69) is 10.4 Å². The summed E-state index contributed by atoms with van der Waals surface area (Å²) < 4.78 is 1.32. The van der Waals surface area contributed by atoms with Crippen LogP contribution >= 0.6 is 11.6 Å². The van der Waals surface area contributed by atoms with Gasteiger partial charge in [-0.3, -0.25) is 14.3 Å². The smallest absolute Gasteiger partial charge is 0.325 e. The van der Waals surface area contributed by atoms with Crippen LogP contribution in [0, 0.1) is 0 Å². The van der Waals surface area contributed by atoms with E-state index in [0.29, 0.717) is 5.15 Å². The molecule has 1 amide bonds. The van der Waals surface area contributed by atoms with Gasteiger partial charge in [-0.25, -0.2) is 0 Å². The van der Waals surface area contributed by atoms with Crippen molar-refractivity contribution in [2.75, 3.05) is 0 Å². The van der Waals surface area contributed by atoms with Gasteiger partial charge < -0.3 is 10.4 Å². The van der Waals surface area contributed by atoms with E-state index in [0.717, 1.165) is 0 Å². The van der Waals surface area contributed by atoms with Crippen LogP contribution in [0.5, 0.6) is 0 Å². The second-order valence-electron chi connectivity index (χ2n) is 3.01. The highest BCUT2D eigenvalue weighted by Crippen LogP contribution is 2.08. The average molecular weight is 232 g/mol. The number of carbonyl (C=O) groups is 2.